The second-order valence-electron chi connectivity index (χ2n) is 6.30. The van der Waals surface area contributed by atoms with E-state index in [0.717, 1.165) is 11.8 Å². The summed E-state index contributed by atoms with van der Waals surface area (Å²) in [5.74, 6) is 1.84. The predicted octanol–water partition coefficient (Wildman–Crippen LogP) is 2.49. The largest absolute Gasteiger partial charge is 0.315 e. The highest BCUT2D eigenvalue weighted by atomic mass is 15.2. The normalized spacial score (nSPS) is 37.7. The van der Waals surface area contributed by atoms with Crippen molar-refractivity contribution in [3.05, 3.63) is 0 Å². The van der Waals surface area contributed by atoms with E-state index in [4.69, 9.17) is 0 Å². The number of rotatable bonds is 4. The molecule has 0 spiro atoms. The van der Waals surface area contributed by atoms with Gasteiger partial charge in [-0.2, -0.15) is 0 Å². The van der Waals surface area contributed by atoms with Gasteiger partial charge >= 0.3 is 0 Å². The topological polar surface area (TPSA) is 15.3 Å². The van der Waals surface area contributed by atoms with E-state index in [0.29, 0.717) is 11.6 Å². The first-order valence-corrected chi connectivity index (χ1v) is 6.95. The van der Waals surface area contributed by atoms with Crippen LogP contribution < -0.4 is 5.32 Å². The van der Waals surface area contributed by atoms with E-state index in [2.05, 4.69) is 38.3 Å². The molecule has 2 aliphatic carbocycles. The fourth-order valence-corrected chi connectivity index (χ4v) is 3.90. The average molecular weight is 224 g/mol. The van der Waals surface area contributed by atoms with Gasteiger partial charge < -0.3 is 10.2 Å². The molecule has 2 saturated carbocycles. The number of nitrogens with zero attached hydrogens (tertiary/aromatic N) is 1. The molecule has 0 heterocycles. The van der Waals surface area contributed by atoms with Crippen LogP contribution in [0.1, 0.15) is 45.4 Å². The van der Waals surface area contributed by atoms with Gasteiger partial charge in [0.15, 0.2) is 0 Å². The summed E-state index contributed by atoms with van der Waals surface area (Å²) in [6.07, 6.45) is 8.47. The van der Waals surface area contributed by atoms with Crippen molar-refractivity contribution in [2.24, 2.45) is 11.8 Å². The molecule has 2 heteroatoms. The highest BCUT2D eigenvalue weighted by molar-refractivity contribution is 5.06. The van der Waals surface area contributed by atoms with Crippen LogP contribution in [0.3, 0.4) is 0 Å². The summed E-state index contributed by atoms with van der Waals surface area (Å²) in [7, 11) is 6.73. The highest BCUT2D eigenvalue weighted by Crippen LogP contribution is 2.46. The van der Waals surface area contributed by atoms with Crippen LogP contribution in [0, 0.1) is 11.8 Å². The Bertz CT molecular complexity index is 235. The van der Waals surface area contributed by atoms with Crippen LogP contribution in [0.4, 0.5) is 0 Å². The summed E-state index contributed by atoms with van der Waals surface area (Å²) in [6, 6.07) is 0.713. The fraction of sp³-hybridized carbons (Fsp3) is 1.00. The molecule has 0 aromatic carbocycles. The van der Waals surface area contributed by atoms with E-state index < -0.39 is 0 Å². The van der Waals surface area contributed by atoms with Crippen LogP contribution in [0.25, 0.3) is 0 Å². The molecular weight excluding hydrogens is 196 g/mol. The van der Waals surface area contributed by atoms with Crippen molar-refractivity contribution in [3.63, 3.8) is 0 Å². The fourth-order valence-electron chi connectivity index (χ4n) is 3.90. The summed E-state index contributed by atoms with van der Waals surface area (Å²) >= 11 is 0. The van der Waals surface area contributed by atoms with Gasteiger partial charge in [0.05, 0.1) is 0 Å². The number of hydrogen-bond acceptors (Lipinski definition) is 2. The number of hydrogen-bond donors (Lipinski definition) is 1. The Labute approximate surface area is 101 Å². The highest BCUT2D eigenvalue weighted by Gasteiger charge is 2.48. The van der Waals surface area contributed by atoms with Crippen molar-refractivity contribution in [2.75, 3.05) is 21.1 Å². The van der Waals surface area contributed by atoms with Gasteiger partial charge in [-0.15, -0.1) is 0 Å². The molecule has 3 atom stereocenters. The van der Waals surface area contributed by atoms with Gasteiger partial charge in [0, 0.05) is 11.6 Å². The Morgan fingerprint density at radius 3 is 2.38 bits per heavy atom. The van der Waals surface area contributed by atoms with Crippen LogP contribution in [0.15, 0.2) is 0 Å². The van der Waals surface area contributed by atoms with Crippen molar-refractivity contribution in [2.45, 2.75) is 57.0 Å². The molecule has 2 aliphatic rings. The van der Waals surface area contributed by atoms with E-state index in [1.165, 1.54) is 38.5 Å². The van der Waals surface area contributed by atoms with E-state index in [9.17, 15) is 0 Å². The molecule has 0 aliphatic heterocycles. The Kier molecular flexibility index (Phi) is 3.60. The van der Waals surface area contributed by atoms with Crippen LogP contribution >= 0.6 is 0 Å². The van der Waals surface area contributed by atoms with Gasteiger partial charge in [0.25, 0.3) is 0 Å². The Morgan fingerprint density at radius 1 is 1.25 bits per heavy atom. The van der Waals surface area contributed by atoms with Gasteiger partial charge in [-0.25, -0.2) is 0 Å². The minimum atomic E-state index is 0.424. The molecule has 2 nitrogen and oxygen atoms in total. The summed E-state index contributed by atoms with van der Waals surface area (Å²) in [5.41, 5.74) is 0.424. The maximum Gasteiger partial charge on any atom is 0.0361 e. The lowest BCUT2D eigenvalue weighted by molar-refractivity contribution is 0.0323. The first-order chi connectivity index (χ1) is 7.60. The van der Waals surface area contributed by atoms with Gasteiger partial charge in [-0.1, -0.05) is 19.8 Å². The molecule has 0 amide bonds. The number of nitrogens with one attached hydrogen (secondary N) is 1. The summed E-state index contributed by atoms with van der Waals surface area (Å²) in [4.78, 5) is 2.52. The lowest BCUT2D eigenvalue weighted by Gasteiger charge is -2.50. The first-order valence-electron chi connectivity index (χ1n) is 6.95. The molecule has 0 aromatic rings. The smallest absolute Gasteiger partial charge is 0.0361 e. The minimum Gasteiger partial charge on any atom is -0.315 e. The monoisotopic (exact) mass is 224 g/mol. The summed E-state index contributed by atoms with van der Waals surface area (Å²) in [6.45, 7) is 2.43. The molecule has 0 radical (unpaired) electrons. The lowest BCUT2D eigenvalue weighted by atomic mass is 9.70. The second-order valence-corrected chi connectivity index (χ2v) is 6.30. The zero-order valence-electron chi connectivity index (χ0n) is 11.4. The summed E-state index contributed by atoms with van der Waals surface area (Å²) in [5, 5.41) is 3.63. The third-order valence-corrected chi connectivity index (χ3v) is 4.88. The van der Waals surface area contributed by atoms with Crippen LogP contribution in [-0.2, 0) is 0 Å². The zero-order chi connectivity index (χ0) is 11.8. The SMILES string of the molecule is CNC(C1CC1)C1(N(C)C)CCCC(C)C1. The molecule has 3 unspecified atom stereocenters. The standard InChI is InChI=1S/C14H28N2/c1-11-6-5-9-14(10-11,16(3)4)13(15-2)12-7-8-12/h11-13,15H,5-10H2,1-4H3. The molecule has 0 aromatic heterocycles. The van der Waals surface area contributed by atoms with Crippen molar-refractivity contribution in [3.8, 4) is 0 Å². The Hall–Kier alpha value is -0.0800. The maximum atomic E-state index is 3.63. The molecule has 2 fully saturated rings. The van der Waals surface area contributed by atoms with E-state index in [1.807, 2.05) is 0 Å². The van der Waals surface area contributed by atoms with E-state index in [1.54, 1.807) is 0 Å². The molecule has 0 saturated heterocycles. The van der Waals surface area contributed by atoms with Crippen LogP contribution in [-0.4, -0.2) is 37.6 Å². The lowest BCUT2D eigenvalue weighted by Crippen LogP contribution is -2.61. The Morgan fingerprint density at radius 2 is 1.94 bits per heavy atom. The third kappa shape index (κ3) is 2.14. The molecule has 0 bridgehead atoms. The molecule has 94 valence electrons. The van der Waals surface area contributed by atoms with Crippen molar-refractivity contribution >= 4 is 0 Å². The van der Waals surface area contributed by atoms with Gasteiger partial charge in [-0.05, 0) is 58.7 Å². The molecular formula is C14H28N2. The second kappa shape index (κ2) is 4.66. The number of likely N-dealkylation sites (N-methyl/N-ethyl adjacent to an activating group) is 2. The molecule has 16 heavy (non-hydrogen) atoms. The minimum absolute atomic E-state index is 0.424. The van der Waals surface area contributed by atoms with E-state index in [-0.39, 0.29) is 0 Å². The Balaban J connectivity index is 2.18. The van der Waals surface area contributed by atoms with Crippen molar-refractivity contribution in [1.29, 1.82) is 0 Å². The molecule has 2 rings (SSSR count). The van der Waals surface area contributed by atoms with Crippen molar-refractivity contribution < 1.29 is 0 Å². The first kappa shape index (κ1) is 12.4. The average Bonchev–Trinajstić information content (AvgIpc) is 3.03. The van der Waals surface area contributed by atoms with Gasteiger partial charge in [0.2, 0.25) is 0 Å². The summed E-state index contributed by atoms with van der Waals surface area (Å²) < 4.78 is 0. The van der Waals surface area contributed by atoms with Gasteiger partial charge in [-0.3, -0.25) is 0 Å². The third-order valence-electron chi connectivity index (χ3n) is 4.88. The zero-order valence-corrected chi connectivity index (χ0v) is 11.4. The van der Waals surface area contributed by atoms with E-state index >= 15 is 0 Å². The quantitative estimate of drug-likeness (QED) is 0.789. The maximum absolute atomic E-state index is 3.63. The van der Waals surface area contributed by atoms with Crippen molar-refractivity contribution in [1.82, 2.24) is 10.2 Å². The molecule has 1 N–H and O–H groups in total. The van der Waals surface area contributed by atoms with Crippen LogP contribution in [0.5, 0.6) is 0 Å². The van der Waals surface area contributed by atoms with Gasteiger partial charge in [0.1, 0.15) is 0 Å². The van der Waals surface area contributed by atoms with Crippen LogP contribution in [0.2, 0.25) is 0 Å². The predicted molar refractivity (Wildman–Crippen MR) is 69.6 cm³/mol.